The van der Waals surface area contributed by atoms with Crippen molar-refractivity contribution in [1.29, 1.82) is 0 Å². The van der Waals surface area contributed by atoms with Crippen molar-refractivity contribution in [1.82, 2.24) is 4.90 Å². The summed E-state index contributed by atoms with van der Waals surface area (Å²) in [6.45, 7) is 5.37. The SMILES string of the molecule is CCCCN(CC)C(=O)c1cc(OC)ccc1O. The Kier molecular flexibility index (Phi) is 5.49. The van der Waals surface area contributed by atoms with E-state index in [9.17, 15) is 9.90 Å². The summed E-state index contributed by atoms with van der Waals surface area (Å²) in [6, 6.07) is 4.69. The second kappa shape index (κ2) is 6.89. The first-order valence-corrected chi connectivity index (χ1v) is 6.30. The zero-order valence-corrected chi connectivity index (χ0v) is 11.3. The second-order valence-electron chi connectivity index (χ2n) is 4.12. The second-order valence-corrected chi connectivity index (χ2v) is 4.12. The third kappa shape index (κ3) is 3.39. The van der Waals surface area contributed by atoms with Crippen LogP contribution in [0.3, 0.4) is 0 Å². The number of carbonyl (C=O) groups is 1. The number of benzene rings is 1. The van der Waals surface area contributed by atoms with Crippen LogP contribution < -0.4 is 4.74 Å². The van der Waals surface area contributed by atoms with Crippen molar-refractivity contribution in [2.24, 2.45) is 0 Å². The molecule has 0 radical (unpaired) electrons. The Morgan fingerprint density at radius 1 is 1.39 bits per heavy atom. The van der Waals surface area contributed by atoms with Gasteiger partial charge in [-0.3, -0.25) is 4.79 Å². The van der Waals surface area contributed by atoms with Crippen molar-refractivity contribution in [3.05, 3.63) is 23.8 Å². The molecule has 0 aliphatic heterocycles. The highest BCUT2D eigenvalue weighted by Gasteiger charge is 2.18. The van der Waals surface area contributed by atoms with E-state index in [4.69, 9.17) is 4.74 Å². The van der Waals surface area contributed by atoms with E-state index in [0.717, 1.165) is 12.8 Å². The predicted molar refractivity (Wildman–Crippen MR) is 71.1 cm³/mol. The molecule has 18 heavy (non-hydrogen) atoms. The molecule has 0 atom stereocenters. The molecule has 4 heteroatoms. The molecule has 1 aromatic rings. The molecule has 1 amide bonds. The fraction of sp³-hybridized carbons (Fsp3) is 0.500. The third-order valence-corrected chi connectivity index (χ3v) is 2.88. The highest BCUT2D eigenvalue weighted by Crippen LogP contribution is 2.24. The molecule has 0 unspecified atom stereocenters. The minimum atomic E-state index is -0.151. The van der Waals surface area contributed by atoms with E-state index in [1.165, 1.54) is 13.2 Å². The molecule has 1 rings (SSSR count). The molecule has 0 aromatic heterocycles. The number of carbonyl (C=O) groups excluding carboxylic acids is 1. The van der Waals surface area contributed by atoms with Crippen LogP contribution in [-0.4, -0.2) is 36.1 Å². The molecule has 0 saturated carbocycles. The van der Waals surface area contributed by atoms with Gasteiger partial charge in [0, 0.05) is 13.1 Å². The highest BCUT2D eigenvalue weighted by atomic mass is 16.5. The fourth-order valence-electron chi connectivity index (χ4n) is 1.74. The van der Waals surface area contributed by atoms with Crippen molar-refractivity contribution < 1.29 is 14.6 Å². The van der Waals surface area contributed by atoms with Crippen LogP contribution in [0.25, 0.3) is 0 Å². The van der Waals surface area contributed by atoms with Crippen LogP contribution in [0.15, 0.2) is 18.2 Å². The van der Waals surface area contributed by atoms with Crippen molar-refractivity contribution in [3.8, 4) is 11.5 Å². The van der Waals surface area contributed by atoms with Gasteiger partial charge in [-0.15, -0.1) is 0 Å². The van der Waals surface area contributed by atoms with E-state index in [-0.39, 0.29) is 11.7 Å². The molecule has 0 saturated heterocycles. The number of amides is 1. The predicted octanol–water partition coefficient (Wildman–Crippen LogP) is 2.66. The van der Waals surface area contributed by atoms with Gasteiger partial charge in [-0.25, -0.2) is 0 Å². The summed E-state index contributed by atoms with van der Waals surface area (Å²) in [7, 11) is 1.54. The first kappa shape index (κ1) is 14.4. The zero-order valence-electron chi connectivity index (χ0n) is 11.3. The first-order valence-electron chi connectivity index (χ1n) is 6.30. The number of phenolic OH excluding ortho intramolecular Hbond substituents is 1. The number of hydrogen-bond donors (Lipinski definition) is 1. The zero-order chi connectivity index (χ0) is 13.5. The monoisotopic (exact) mass is 251 g/mol. The van der Waals surface area contributed by atoms with Gasteiger partial charge in [-0.2, -0.15) is 0 Å². The largest absolute Gasteiger partial charge is 0.507 e. The molecule has 1 aromatic carbocycles. The summed E-state index contributed by atoms with van der Waals surface area (Å²) in [5, 5.41) is 9.77. The van der Waals surface area contributed by atoms with Crippen LogP contribution >= 0.6 is 0 Å². The summed E-state index contributed by atoms with van der Waals surface area (Å²) < 4.78 is 5.07. The first-order chi connectivity index (χ1) is 8.63. The number of hydrogen-bond acceptors (Lipinski definition) is 3. The lowest BCUT2D eigenvalue weighted by molar-refractivity contribution is 0.0759. The molecule has 0 fully saturated rings. The van der Waals surface area contributed by atoms with E-state index >= 15 is 0 Å². The van der Waals surface area contributed by atoms with Gasteiger partial charge < -0.3 is 14.7 Å². The maximum absolute atomic E-state index is 12.3. The minimum absolute atomic E-state index is 0.00394. The van der Waals surface area contributed by atoms with Crippen LogP contribution in [0.4, 0.5) is 0 Å². The van der Waals surface area contributed by atoms with E-state index in [0.29, 0.717) is 24.4 Å². The lowest BCUT2D eigenvalue weighted by Crippen LogP contribution is -2.31. The number of nitrogens with zero attached hydrogens (tertiary/aromatic N) is 1. The highest BCUT2D eigenvalue weighted by molar-refractivity contribution is 5.97. The van der Waals surface area contributed by atoms with Gasteiger partial charge in [0.25, 0.3) is 5.91 Å². The standard InChI is InChI=1S/C14H21NO3/c1-4-6-9-15(5-2)14(17)12-10-11(18-3)7-8-13(12)16/h7-8,10,16H,4-6,9H2,1-3H3. The Bertz CT molecular complexity index is 404. The molecule has 0 aliphatic rings. The maximum atomic E-state index is 12.3. The Morgan fingerprint density at radius 3 is 2.67 bits per heavy atom. The normalized spacial score (nSPS) is 10.2. The van der Waals surface area contributed by atoms with Crippen molar-refractivity contribution in [3.63, 3.8) is 0 Å². The average molecular weight is 251 g/mol. The summed E-state index contributed by atoms with van der Waals surface area (Å²) >= 11 is 0. The van der Waals surface area contributed by atoms with Crippen molar-refractivity contribution in [2.45, 2.75) is 26.7 Å². The van der Waals surface area contributed by atoms with Gasteiger partial charge in [0.2, 0.25) is 0 Å². The van der Waals surface area contributed by atoms with E-state index < -0.39 is 0 Å². The van der Waals surface area contributed by atoms with E-state index in [1.807, 2.05) is 6.92 Å². The van der Waals surface area contributed by atoms with Crippen LogP contribution in [0.1, 0.15) is 37.0 Å². The van der Waals surface area contributed by atoms with E-state index in [1.54, 1.807) is 17.0 Å². The van der Waals surface area contributed by atoms with Crippen LogP contribution in [-0.2, 0) is 0 Å². The number of aromatic hydroxyl groups is 1. The number of rotatable bonds is 6. The molecular formula is C14H21NO3. The molecule has 100 valence electrons. The Balaban J connectivity index is 2.93. The van der Waals surface area contributed by atoms with Gasteiger partial charge in [-0.1, -0.05) is 13.3 Å². The third-order valence-electron chi connectivity index (χ3n) is 2.88. The average Bonchev–Trinajstić information content (AvgIpc) is 2.40. The minimum Gasteiger partial charge on any atom is -0.507 e. The van der Waals surface area contributed by atoms with E-state index in [2.05, 4.69) is 6.92 Å². The number of methoxy groups -OCH3 is 1. The number of unbranched alkanes of at least 4 members (excludes halogenated alkanes) is 1. The van der Waals surface area contributed by atoms with Crippen LogP contribution in [0.2, 0.25) is 0 Å². The van der Waals surface area contributed by atoms with Gasteiger partial charge in [0.15, 0.2) is 0 Å². The molecular weight excluding hydrogens is 230 g/mol. The summed E-state index contributed by atoms with van der Waals surface area (Å²) in [6.07, 6.45) is 2.00. The molecule has 0 bridgehead atoms. The van der Waals surface area contributed by atoms with Gasteiger partial charge >= 0.3 is 0 Å². The summed E-state index contributed by atoms with van der Waals surface area (Å²) in [5.74, 6) is 0.417. The quantitative estimate of drug-likeness (QED) is 0.845. The molecule has 0 heterocycles. The fourth-order valence-corrected chi connectivity index (χ4v) is 1.74. The Labute approximate surface area is 108 Å². The molecule has 0 spiro atoms. The summed E-state index contributed by atoms with van der Waals surface area (Å²) in [5.41, 5.74) is 0.298. The molecule has 4 nitrogen and oxygen atoms in total. The van der Waals surface area contributed by atoms with Crippen LogP contribution in [0.5, 0.6) is 11.5 Å². The van der Waals surface area contributed by atoms with Crippen LogP contribution in [0, 0.1) is 0 Å². The Hall–Kier alpha value is -1.71. The smallest absolute Gasteiger partial charge is 0.257 e. The maximum Gasteiger partial charge on any atom is 0.257 e. The summed E-state index contributed by atoms with van der Waals surface area (Å²) in [4.78, 5) is 14.0. The number of phenols is 1. The number of ether oxygens (including phenoxy) is 1. The van der Waals surface area contributed by atoms with Crippen molar-refractivity contribution >= 4 is 5.91 Å². The lowest BCUT2D eigenvalue weighted by atomic mass is 10.1. The van der Waals surface area contributed by atoms with Gasteiger partial charge in [0.05, 0.1) is 12.7 Å². The lowest BCUT2D eigenvalue weighted by Gasteiger charge is -2.21. The van der Waals surface area contributed by atoms with Gasteiger partial charge in [-0.05, 0) is 31.5 Å². The Morgan fingerprint density at radius 2 is 2.11 bits per heavy atom. The van der Waals surface area contributed by atoms with Gasteiger partial charge in [0.1, 0.15) is 11.5 Å². The van der Waals surface area contributed by atoms with Crippen molar-refractivity contribution in [2.75, 3.05) is 20.2 Å². The topological polar surface area (TPSA) is 49.8 Å². The molecule has 0 aliphatic carbocycles. The molecule has 1 N–H and O–H groups in total.